The number of fused-ring (bicyclic) bond motifs is 2. The Morgan fingerprint density at radius 2 is 1.77 bits per heavy atom. The fourth-order valence-electron chi connectivity index (χ4n) is 3.32. The fourth-order valence-corrected chi connectivity index (χ4v) is 3.32. The molecule has 0 bridgehead atoms. The van der Waals surface area contributed by atoms with Gasteiger partial charge in [-0.25, -0.2) is 4.79 Å². The van der Waals surface area contributed by atoms with Crippen molar-refractivity contribution >= 4 is 32.5 Å². The number of benzene rings is 2. The van der Waals surface area contributed by atoms with E-state index in [0.717, 1.165) is 0 Å². The summed E-state index contributed by atoms with van der Waals surface area (Å²) in [6.45, 7) is 4.04. The predicted octanol–water partition coefficient (Wildman–Crippen LogP) is 2.73. The molecule has 0 aliphatic heterocycles. The molecule has 0 unspecified atom stereocenters. The van der Waals surface area contributed by atoms with Gasteiger partial charge in [0.25, 0.3) is 0 Å². The normalized spacial score (nSPS) is 11.9. The lowest BCUT2D eigenvalue weighted by atomic mass is 10.0. The highest BCUT2D eigenvalue weighted by atomic mass is 16.4. The monoisotopic (exact) mass is 295 g/mol. The van der Waals surface area contributed by atoms with E-state index in [1.54, 1.807) is 35.8 Å². The third-order valence-electron chi connectivity index (χ3n) is 4.33. The number of rotatable bonds is 1. The molecule has 0 aliphatic rings. The first-order valence-corrected chi connectivity index (χ1v) is 7.09. The average molecular weight is 295 g/mol. The molecule has 1 N–H and O–H groups in total. The molecule has 0 radical (unpaired) electrons. The molecule has 0 aliphatic carbocycles. The number of aromatic hydroxyl groups is 1. The molecular weight excluding hydrogens is 282 g/mol. The molecule has 0 spiro atoms. The highest BCUT2D eigenvalue weighted by Crippen LogP contribution is 2.36. The number of furan rings is 1. The van der Waals surface area contributed by atoms with Gasteiger partial charge < -0.3 is 14.1 Å². The van der Waals surface area contributed by atoms with Crippen LogP contribution in [0.1, 0.15) is 12.6 Å². The first kappa shape index (κ1) is 12.9. The quantitative estimate of drug-likeness (QED) is 0.548. The molecule has 2 aromatic heterocycles. The summed E-state index contributed by atoms with van der Waals surface area (Å²) < 4.78 is 6.98. The molecule has 0 fully saturated rings. The van der Waals surface area contributed by atoms with Crippen LogP contribution in [0.2, 0.25) is 0 Å². The van der Waals surface area contributed by atoms with E-state index in [-0.39, 0.29) is 16.7 Å². The van der Waals surface area contributed by atoms with Crippen molar-refractivity contribution in [2.24, 2.45) is 0 Å². The van der Waals surface area contributed by atoms with Gasteiger partial charge in [-0.15, -0.1) is 0 Å². The molecule has 2 aromatic carbocycles. The van der Waals surface area contributed by atoms with Crippen molar-refractivity contribution in [1.82, 2.24) is 4.57 Å². The summed E-state index contributed by atoms with van der Waals surface area (Å²) in [5.74, 6) is -0.117. The van der Waals surface area contributed by atoms with Crippen molar-refractivity contribution in [2.75, 3.05) is 0 Å². The van der Waals surface area contributed by atoms with E-state index in [2.05, 4.69) is 0 Å². The van der Waals surface area contributed by atoms with Crippen LogP contribution in [-0.2, 0) is 6.54 Å². The minimum absolute atomic E-state index is 0.117. The summed E-state index contributed by atoms with van der Waals surface area (Å²) in [7, 11) is 0. The first-order chi connectivity index (χ1) is 10.6. The Bertz CT molecular complexity index is 1170. The van der Waals surface area contributed by atoms with Crippen LogP contribution in [0.3, 0.4) is 0 Å². The standard InChI is InChI=1S/C17H13NO4/c1-3-18-8(2)11-12-13(16(18)20)14(19)9-6-4-5-7-10(9)15(12)22-17(11)21/h4-7,20H,3H2,1-2H3. The Morgan fingerprint density at radius 3 is 2.45 bits per heavy atom. The second kappa shape index (κ2) is 4.10. The predicted molar refractivity (Wildman–Crippen MR) is 85.0 cm³/mol. The van der Waals surface area contributed by atoms with Crippen molar-refractivity contribution in [3.63, 3.8) is 0 Å². The lowest BCUT2D eigenvalue weighted by Gasteiger charge is -2.14. The van der Waals surface area contributed by atoms with Gasteiger partial charge >= 0.3 is 5.63 Å². The summed E-state index contributed by atoms with van der Waals surface area (Å²) in [5.41, 5.74) is 0.210. The molecule has 2 heterocycles. The molecule has 0 saturated carbocycles. The molecule has 5 nitrogen and oxygen atoms in total. The lowest BCUT2D eigenvalue weighted by molar-refractivity contribution is 0.420. The third-order valence-corrected chi connectivity index (χ3v) is 4.33. The van der Waals surface area contributed by atoms with Gasteiger partial charge in [-0.2, -0.15) is 0 Å². The van der Waals surface area contributed by atoms with Crippen molar-refractivity contribution in [1.29, 1.82) is 0 Å². The van der Waals surface area contributed by atoms with E-state index in [1.165, 1.54) is 0 Å². The van der Waals surface area contributed by atoms with Gasteiger partial charge in [0.15, 0.2) is 5.43 Å². The smallest absolute Gasteiger partial charge is 0.346 e. The second-order valence-electron chi connectivity index (χ2n) is 5.37. The van der Waals surface area contributed by atoms with Crippen molar-refractivity contribution < 1.29 is 9.52 Å². The van der Waals surface area contributed by atoms with Crippen LogP contribution >= 0.6 is 0 Å². The molecular formula is C17H13NO4. The van der Waals surface area contributed by atoms with Gasteiger partial charge in [-0.1, -0.05) is 24.3 Å². The van der Waals surface area contributed by atoms with E-state index in [1.807, 2.05) is 6.92 Å². The van der Waals surface area contributed by atoms with Gasteiger partial charge in [0.1, 0.15) is 5.58 Å². The maximum atomic E-state index is 12.8. The van der Waals surface area contributed by atoms with E-state index < -0.39 is 5.63 Å². The zero-order valence-corrected chi connectivity index (χ0v) is 12.1. The Labute approximate surface area is 124 Å². The van der Waals surface area contributed by atoms with Gasteiger partial charge in [0.05, 0.1) is 16.2 Å². The Balaban J connectivity index is 2.52. The van der Waals surface area contributed by atoms with Crippen LogP contribution in [0.4, 0.5) is 0 Å². The number of nitrogens with zero attached hydrogens (tertiary/aromatic N) is 1. The zero-order valence-electron chi connectivity index (χ0n) is 12.1. The molecule has 5 heteroatoms. The average Bonchev–Trinajstić information content (AvgIpc) is 2.85. The van der Waals surface area contributed by atoms with Crippen LogP contribution < -0.4 is 11.1 Å². The van der Waals surface area contributed by atoms with Crippen LogP contribution in [0, 0.1) is 6.92 Å². The Morgan fingerprint density at radius 1 is 1.09 bits per heavy atom. The number of aryl methyl sites for hydroxylation is 1. The van der Waals surface area contributed by atoms with Gasteiger partial charge in [-0.3, -0.25) is 4.79 Å². The SMILES string of the molecule is CCn1c(C)c2c(=O)oc3c4ccccc4c(=O)c(c1O)c23. The maximum Gasteiger partial charge on any atom is 0.346 e. The van der Waals surface area contributed by atoms with Crippen LogP contribution in [-0.4, -0.2) is 9.67 Å². The minimum atomic E-state index is -0.476. The molecule has 0 saturated heterocycles. The Kier molecular flexibility index (Phi) is 2.40. The van der Waals surface area contributed by atoms with E-state index >= 15 is 0 Å². The highest BCUT2D eigenvalue weighted by molar-refractivity contribution is 6.20. The van der Waals surface area contributed by atoms with Crippen molar-refractivity contribution in [3.8, 4) is 5.88 Å². The molecule has 4 rings (SSSR count). The van der Waals surface area contributed by atoms with Gasteiger partial charge in [-0.05, 0) is 13.8 Å². The highest BCUT2D eigenvalue weighted by Gasteiger charge is 2.24. The first-order valence-electron chi connectivity index (χ1n) is 7.09. The summed E-state index contributed by atoms with van der Waals surface area (Å²) in [5, 5.41) is 12.5. The van der Waals surface area contributed by atoms with E-state index in [4.69, 9.17) is 4.42 Å². The maximum absolute atomic E-state index is 12.8. The molecule has 4 aromatic rings. The molecule has 0 atom stereocenters. The topological polar surface area (TPSA) is 72.4 Å². The van der Waals surface area contributed by atoms with Crippen LogP contribution in [0.5, 0.6) is 5.88 Å². The van der Waals surface area contributed by atoms with Crippen molar-refractivity contribution in [2.45, 2.75) is 20.4 Å². The number of hydrogen-bond donors (Lipinski definition) is 1. The minimum Gasteiger partial charge on any atom is -0.494 e. The van der Waals surface area contributed by atoms with Crippen LogP contribution in [0.15, 0.2) is 38.3 Å². The van der Waals surface area contributed by atoms with Gasteiger partial charge in [0.2, 0.25) is 5.88 Å². The molecule has 22 heavy (non-hydrogen) atoms. The molecule has 0 amide bonds. The fraction of sp³-hybridized carbons (Fsp3) is 0.176. The van der Waals surface area contributed by atoms with Crippen molar-refractivity contribution in [3.05, 3.63) is 50.6 Å². The van der Waals surface area contributed by atoms with Gasteiger partial charge in [0, 0.05) is 23.0 Å². The Hall–Kier alpha value is -2.82. The van der Waals surface area contributed by atoms with E-state index in [9.17, 15) is 14.7 Å². The summed E-state index contributed by atoms with van der Waals surface area (Å²) in [6.07, 6.45) is 0. The lowest BCUT2D eigenvalue weighted by Crippen LogP contribution is -2.11. The largest absolute Gasteiger partial charge is 0.494 e. The number of aromatic nitrogens is 1. The second-order valence-corrected chi connectivity index (χ2v) is 5.37. The molecule has 110 valence electrons. The summed E-state index contributed by atoms with van der Waals surface area (Å²) in [4.78, 5) is 25.1. The number of pyridine rings is 1. The van der Waals surface area contributed by atoms with E-state index in [0.29, 0.717) is 39.4 Å². The third kappa shape index (κ3) is 1.33. The summed E-state index contributed by atoms with van der Waals surface area (Å²) >= 11 is 0. The zero-order chi connectivity index (χ0) is 15.6. The number of hydrogen-bond acceptors (Lipinski definition) is 4. The summed E-state index contributed by atoms with van der Waals surface area (Å²) in [6, 6.07) is 6.97. The van der Waals surface area contributed by atoms with Crippen LogP contribution in [0.25, 0.3) is 32.5 Å².